The topological polar surface area (TPSA) is 3.24 Å². The second kappa shape index (κ2) is 4.61. The van der Waals surface area contributed by atoms with Gasteiger partial charge in [-0.3, -0.25) is 4.90 Å². The second-order valence-electron chi connectivity index (χ2n) is 4.49. The second-order valence-corrected chi connectivity index (χ2v) is 4.49. The highest BCUT2D eigenvalue weighted by Gasteiger charge is 2.36. The van der Waals surface area contributed by atoms with Crippen LogP contribution < -0.4 is 0 Å². The summed E-state index contributed by atoms with van der Waals surface area (Å²) in [7, 11) is 0. The maximum absolute atomic E-state index is 3.80. The van der Waals surface area contributed by atoms with Crippen molar-refractivity contribution in [2.75, 3.05) is 19.6 Å². The third kappa shape index (κ3) is 2.58. The van der Waals surface area contributed by atoms with Crippen LogP contribution in [0.2, 0.25) is 0 Å². The van der Waals surface area contributed by atoms with Gasteiger partial charge in [0.15, 0.2) is 0 Å². The van der Waals surface area contributed by atoms with Gasteiger partial charge in [-0.15, -0.1) is 0 Å². The molecule has 0 aliphatic carbocycles. The largest absolute Gasteiger partial charge is 0.298 e. The Morgan fingerprint density at radius 2 is 2.07 bits per heavy atom. The molecule has 0 unspecified atom stereocenters. The third-order valence-electron chi connectivity index (χ3n) is 3.06. The van der Waals surface area contributed by atoms with Gasteiger partial charge < -0.3 is 0 Å². The van der Waals surface area contributed by atoms with Gasteiger partial charge in [-0.2, -0.15) is 0 Å². The summed E-state index contributed by atoms with van der Waals surface area (Å²) in [6, 6.07) is 0. The fourth-order valence-electron chi connectivity index (χ4n) is 1.96. The first-order valence-corrected chi connectivity index (χ1v) is 5.30. The van der Waals surface area contributed by atoms with Gasteiger partial charge in [-0.25, -0.2) is 0 Å². The molecule has 14 heavy (non-hydrogen) atoms. The van der Waals surface area contributed by atoms with Gasteiger partial charge in [-0.1, -0.05) is 45.2 Å². The highest BCUT2D eigenvalue weighted by atomic mass is 15.2. The average Bonchev–Trinajstić information content (AvgIpc) is 2.14. The van der Waals surface area contributed by atoms with E-state index in [1.807, 2.05) is 18.2 Å². The Morgan fingerprint density at radius 3 is 2.50 bits per heavy atom. The number of hydrogen-bond donors (Lipinski definition) is 0. The first-order valence-electron chi connectivity index (χ1n) is 5.30. The van der Waals surface area contributed by atoms with E-state index in [0.717, 1.165) is 6.54 Å². The summed E-state index contributed by atoms with van der Waals surface area (Å²) in [5.74, 6) is 0. The van der Waals surface area contributed by atoms with Gasteiger partial charge in [0.2, 0.25) is 0 Å². The zero-order valence-corrected chi connectivity index (χ0v) is 9.42. The molecule has 0 aromatic carbocycles. The molecular formula is C13H21N. The highest BCUT2D eigenvalue weighted by molar-refractivity contribution is 5.23. The van der Waals surface area contributed by atoms with Crippen LogP contribution >= 0.6 is 0 Å². The number of allylic oxidation sites excluding steroid dienone is 2. The van der Waals surface area contributed by atoms with E-state index in [1.165, 1.54) is 25.1 Å². The molecular weight excluding hydrogens is 170 g/mol. The molecule has 0 saturated carbocycles. The molecule has 0 atom stereocenters. The molecule has 1 heterocycles. The van der Waals surface area contributed by atoms with Crippen molar-refractivity contribution in [3.63, 3.8) is 0 Å². The van der Waals surface area contributed by atoms with Crippen LogP contribution in [0.15, 0.2) is 37.0 Å². The maximum atomic E-state index is 3.80. The van der Waals surface area contributed by atoms with E-state index >= 15 is 0 Å². The average molecular weight is 191 g/mol. The first kappa shape index (κ1) is 11.3. The van der Waals surface area contributed by atoms with Crippen molar-refractivity contribution in [1.82, 2.24) is 4.90 Å². The molecule has 0 aromatic heterocycles. The van der Waals surface area contributed by atoms with Crippen LogP contribution in [-0.2, 0) is 0 Å². The normalized spacial score (nSPS) is 21.4. The van der Waals surface area contributed by atoms with Crippen LogP contribution in [0.5, 0.6) is 0 Å². The summed E-state index contributed by atoms with van der Waals surface area (Å²) in [6.07, 6.45) is 7.06. The molecule has 1 aliphatic rings. The van der Waals surface area contributed by atoms with E-state index in [2.05, 4.69) is 31.9 Å². The van der Waals surface area contributed by atoms with Gasteiger partial charge in [0.1, 0.15) is 0 Å². The Hall–Kier alpha value is -0.820. The van der Waals surface area contributed by atoms with Crippen LogP contribution in [0.25, 0.3) is 0 Å². The van der Waals surface area contributed by atoms with Crippen molar-refractivity contribution in [2.24, 2.45) is 5.41 Å². The molecule has 1 fully saturated rings. The van der Waals surface area contributed by atoms with Crippen LogP contribution in [0.4, 0.5) is 0 Å². The van der Waals surface area contributed by atoms with Crippen LogP contribution in [0, 0.1) is 5.41 Å². The Labute approximate surface area is 87.8 Å². The van der Waals surface area contributed by atoms with Gasteiger partial charge in [0.05, 0.1) is 0 Å². The molecule has 0 N–H and O–H groups in total. The van der Waals surface area contributed by atoms with E-state index in [0.29, 0.717) is 5.41 Å². The lowest BCUT2D eigenvalue weighted by Gasteiger charge is -2.48. The van der Waals surface area contributed by atoms with Crippen molar-refractivity contribution in [1.29, 1.82) is 0 Å². The van der Waals surface area contributed by atoms with E-state index in [9.17, 15) is 0 Å². The molecule has 1 rings (SSSR count). The minimum Gasteiger partial charge on any atom is -0.298 e. The molecule has 1 heteroatoms. The number of hydrogen-bond acceptors (Lipinski definition) is 1. The SMILES string of the molecule is C=C/C=C(\C=C)CN1CC(C)(CC)C1. The summed E-state index contributed by atoms with van der Waals surface area (Å²) in [4.78, 5) is 2.46. The standard InChI is InChI=1S/C13H21N/c1-5-8-12(6-2)9-14-10-13(4,7-3)11-14/h5-6,8H,1-2,7,9-11H2,3-4H3/b12-8+. The van der Waals surface area contributed by atoms with E-state index in [-0.39, 0.29) is 0 Å². The monoisotopic (exact) mass is 191 g/mol. The fraction of sp³-hybridized carbons (Fsp3) is 0.538. The summed E-state index contributed by atoms with van der Waals surface area (Å²) >= 11 is 0. The zero-order chi connectivity index (χ0) is 10.6. The number of likely N-dealkylation sites (tertiary alicyclic amines) is 1. The predicted molar refractivity (Wildman–Crippen MR) is 63.3 cm³/mol. The predicted octanol–water partition coefficient (Wildman–Crippen LogP) is 3.02. The van der Waals surface area contributed by atoms with Gasteiger partial charge in [0.25, 0.3) is 0 Å². The lowest BCUT2D eigenvalue weighted by atomic mass is 9.79. The van der Waals surface area contributed by atoms with Crippen molar-refractivity contribution in [3.05, 3.63) is 37.0 Å². The molecule has 1 nitrogen and oxygen atoms in total. The quantitative estimate of drug-likeness (QED) is 0.604. The molecule has 0 aromatic rings. The van der Waals surface area contributed by atoms with Crippen LogP contribution in [0.1, 0.15) is 20.3 Å². The molecule has 0 radical (unpaired) electrons. The van der Waals surface area contributed by atoms with Crippen molar-refractivity contribution in [2.45, 2.75) is 20.3 Å². The van der Waals surface area contributed by atoms with Crippen LogP contribution in [-0.4, -0.2) is 24.5 Å². The number of rotatable bonds is 5. The summed E-state index contributed by atoms with van der Waals surface area (Å²) in [5.41, 5.74) is 1.82. The first-order chi connectivity index (χ1) is 6.63. The van der Waals surface area contributed by atoms with Crippen LogP contribution in [0.3, 0.4) is 0 Å². The van der Waals surface area contributed by atoms with Gasteiger partial charge in [-0.05, 0) is 17.4 Å². The van der Waals surface area contributed by atoms with Gasteiger partial charge in [0, 0.05) is 19.6 Å². The summed E-state index contributed by atoms with van der Waals surface area (Å²) in [5, 5.41) is 0. The van der Waals surface area contributed by atoms with Crippen molar-refractivity contribution < 1.29 is 0 Å². The Kier molecular flexibility index (Phi) is 3.70. The minimum absolute atomic E-state index is 0.556. The Bertz CT molecular complexity index is 244. The smallest absolute Gasteiger partial charge is 0.0233 e. The van der Waals surface area contributed by atoms with Crippen molar-refractivity contribution in [3.8, 4) is 0 Å². The minimum atomic E-state index is 0.556. The Morgan fingerprint density at radius 1 is 1.43 bits per heavy atom. The lowest BCUT2D eigenvalue weighted by Crippen LogP contribution is -2.54. The maximum Gasteiger partial charge on any atom is 0.0233 e. The third-order valence-corrected chi connectivity index (χ3v) is 3.06. The highest BCUT2D eigenvalue weighted by Crippen LogP contribution is 2.33. The van der Waals surface area contributed by atoms with E-state index < -0.39 is 0 Å². The fourth-order valence-corrected chi connectivity index (χ4v) is 1.96. The molecule has 0 bridgehead atoms. The van der Waals surface area contributed by atoms with E-state index in [1.54, 1.807) is 0 Å². The van der Waals surface area contributed by atoms with Gasteiger partial charge >= 0.3 is 0 Å². The molecule has 0 amide bonds. The number of nitrogens with zero attached hydrogens (tertiary/aromatic N) is 1. The molecule has 0 spiro atoms. The Balaban J connectivity index is 2.38. The summed E-state index contributed by atoms with van der Waals surface area (Å²) < 4.78 is 0. The molecule has 78 valence electrons. The lowest BCUT2D eigenvalue weighted by molar-refractivity contribution is 0.0214. The van der Waals surface area contributed by atoms with E-state index in [4.69, 9.17) is 0 Å². The zero-order valence-electron chi connectivity index (χ0n) is 9.42. The molecule has 1 aliphatic heterocycles. The summed E-state index contributed by atoms with van der Waals surface area (Å²) in [6.45, 7) is 15.6. The molecule has 1 saturated heterocycles. The van der Waals surface area contributed by atoms with Crippen molar-refractivity contribution >= 4 is 0 Å².